The highest BCUT2D eigenvalue weighted by Crippen LogP contribution is 2.26. The van der Waals surface area contributed by atoms with Gasteiger partial charge in [-0.3, -0.25) is 9.59 Å². The highest BCUT2D eigenvalue weighted by molar-refractivity contribution is 6.04. The molecule has 2 N–H and O–H groups in total. The van der Waals surface area contributed by atoms with Gasteiger partial charge in [0.25, 0.3) is 11.8 Å². The molecule has 0 saturated carbocycles. The number of benzene rings is 3. The molecule has 0 heterocycles. The zero-order chi connectivity index (χ0) is 25.8. The van der Waals surface area contributed by atoms with Gasteiger partial charge in [0, 0.05) is 17.8 Å². The number of carbonyl (C=O) groups is 3. The van der Waals surface area contributed by atoms with Crippen LogP contribution < -0.4 is 24.8 Å². The lowest BCUT2D eigenvalue weighted by atomic mass is 10.1. The normalized spacial score (nSPS) is 10.2. The molecule has 0 atom stereocenters. The maximum absolute atomic E-state index is 12.7. The molecule has 9 heteroatoms. The summed E-state index contributed by atoms with van der Waals surface area (Å²) in [5.74, 6) is 0.647. The van der Waals surface area contributed by atoms with Crippen molar-refractivity contribution < 1.29 is 33.3 Å². The summed E-state index contributed by atoms with van der Waals surface area (Å²) in [6.07, 6.45) is -0.811. The molecule has 9 nitrogen and oxygen atoms in total. The topological polar surface area (TPSA) is 112 Å². The van der Waals surface area contributed by atoms with Gasteiger partial charge in [0.2, 0.25) is 0 Å². The Kier molecular flexibility index (Phi) is 9.69. The fourth-order valence-electron chi connectivity index (χ4n) is 3.14. The van der Waals surface area contributed by atoms with Crippen molar-refractivity contribution in [2.45, 2.75) is 20.4 Å². The summed E-state index contributed by atoms with van der Waals surface area (Å²) in [5.41, 5.74) is 1.64. The maximum atomic E-state index is 12.7. The van der Waals surface area contributed by atoms with Gasteiger partial charge in [-0.1, -0.05) is 30.3 Å². The molecule has 0 bridgehead atoms. The second-order valence-corrected chi connectivity index (χ2v) is 7.37. The molecule has 0 saturated heterocycles. The lowest BCUT2D eigenvalue weighted by Crippen LogP contribution is -2.29. The second-order valence-electron chi connectivity index (χ2n) is 7.37. The van der Waals surface area contributed by atoms with Crippen LogP contribution in [0.5, 0.6) is 17.2 Å². The Bertz CT molecular complexity index is 1180. The number of amides is 2. The van der Waals surface area contributed by atoms with Crippen LogP contribution in [0.1, 0.15) is 29.8 Å². The van der Waals surface area contributed by atoms with E-state index in [1.807, 2.05) is 19.1 Å². The van der Waals surface area contributed by atoms with Gasteiger partial charge < -0.3 is 29.6 Å². The fourth-order valence-corrected chi connectivity index (χ4v) is 3.14. The van der Waals surface area contributed by atoms with Crippen molar-refractivity contribution in [3.63, 3.8) is 0 Å². The monoisotopic (exact) mass is 492 g/mol. The molecule has 0 aliphatic rings. The summed E-state index contributed by atoms with van der Waals surface area (Å²) >= 11 is 0. The second kappa shape index (κ2) is 13.4. The Balaban J connectivity index is 1.55. The van der Waals surface area contributed by atoms with E-state index in [4.69, 9.17) is 18.9 Å². The van der Waals surface area contributed by atoms with Crippen LogP contribution in [-0.2, 0) is 16.1 Å². The quantitative estimate of drug-likeness (QED) is 0.298. The number of hydrogen-bond acceptors (Lipinski definition) is 7. The molecule has 0 aliphatic carbocycles. The van der Waals surface area contributed by atoms with E-state index in [1.54, 1.807) is 43.3 Å². The van der Waals surface area contributed by atoms with Crippen LogP contribution in [0, 0.1) is 0 Å². The van der Waals surface area contributed by atoms with Crippen molar-refractivity contribution >= 4 is 23.7 Å². The van der Waals surface area contributed by atoms with Crippen LogP contribution in [0.15, 0.2) is 72.8 Å². The maximum Gasteiger partial charge on any atom is 0.513 e. The first-order valence-corrected chi connectivity index (χ1v) is 11.4. The first kappa shape index (κ1) is 26.1. The van der Waals surface area contributed by atoms with Crippen molar-refractivity contribution in [3.8, 4) is 17.2 Å². The highest BCUT2D eigenvalue weighted by atomic mass is 16.7. The van der Waals surface area contributed by atoms with E-state index in [-0.39, 0.29) is 37.3 Å². The van der Waals surface area contributed by atoms with Crippen molar-refractivity contribution in [3.05, 3.63) is 83.9 Å². The molecule has 3 aromatic rings. The third-order valence-corrected chi connectivity index (χ3v) is 4.83. The molecule has 188 valence electrons. The summed E-state index contributed by atoms with van der Waals surface area (Å²) in [7, 11) is 0. The average Bonchev–Trinajstić information content (AvgIpc) is 2.88. The number of carbonyl (C=O) groups excluding carboxylic acids is 3. The molecular weight excluding hydrogens is 464 g/mol. The number of nitrogens with one attached hydrogen (secondary N) is 2. The molecule has 3 aromatic carbocycles. The number of ether oxygens (including phenoxy) is 4. The van der Waals surface area contributed by atoms with Gasteiger partial charge >= 0.3 is 6.16 Å². The molecule has 36 heavy (non-hydrogen) atoms. The van der Waals surface area contributed by atoms with Crippen LogP contribution in [0.3, 0.4) is 0 Å². The SMILES string of the molecule is CCOC(=O)Oc1ccc(C(=O)Nc2ccccc2CNC(=O)COc2ccccc2OCC)cc1. The smallest absolute Gasteiger partial charge is 0.490 e. The van der Waals surface area contributed by atoms with Gasteiger partial charge in [-0.15, -0.1) is 0 Å². The molecule has 2 amide bonds. The minimum absolute atomic E-state index is 0.182. The Morgan fingerprint density at radius 1 is 0.778 bits per heavy atom. The van der Waals surface area contributed by atoms with Gasteiger partial charge in [0.05, 0.1) is 13.2 Å². The van der Waals surface area contributed by atoms with Crippen LogP contribution in [0.2, 0.25) is 0 Å². The van der Waals surface area contributed by atoms with E-state index in [0.29, 0.717) is 29.4 Å². The van der Waals surface area contributed by atoms with Gasteiger partial charge in [-0.2, -0.15) is 0 Å². The Labute approximate surface area is 209 Å². The summed E-state index contributed by atoms with van der Waals surface area (Å²) < 4.78 is 20.8. The third-order valence-electron chi connectivity index (χ3n) is 4.83. The number of hydrogen-bond donors (Lipinski definition) is 2. The Morgan fingerprint density at radius 3 is 2.14 bits per heavy atom. The van der Waals surface area contributed by atoms with E-state index in [2.05, 4.69) is 10.6 Å². The zero-order valence-corrected chi connectivity index (χ0v) is 20.1. The third kappa shape index (κ3) is 7.76. The predicted molar refractivity (Wildman–Crippen MR) is 133 cm³/mol. The van der Waals surface area contributed by atoms with Crippen LogP contribution in [0.4, 0.5) is 10.5 Å². The summed E-state index contributed by atoms with van der Waals surface area (Å²) in [6.45, 7) is 4.25. The van der Waals surface area contributed by atoms with Crippen LogP contribution in [0.25, 0.3) is 0 Å². The standard InChI is InChI=1S/C27H28N2O7/c1-3-33-23-11-7-8-12-24(23)35-18-25(30)28-17-20-9-5-6-10-22(20)29-26(31)19-13-15-21(16-14-19)36-27(32)34-4-2/h5-16H,3-4,17-18H2,1-2H3,(H,28,30)(H,29,31). The van der Waals surface area contributed by atoms with E-state index < -0.39 is 6.16 Å². The van der Waals surface area contributed by atoms with E-state index in [9.17, 15) is 14.4 Å². The van der Waals surface area contributed by atoms with Gasteiger partial charge in [-0.25, -0.2) is 4.79 Å². The predicted octanol–water partition coefficient (Wildman–Crippen LogP) is 4.57. The summed E-state index contributed by atoms with van der Waals surface area (Å²) in [6, 6.07) is 20.3. The van der Waals surface area contributed by atoms with Gasteiger partial charge in [-0.05, 0) is 61.9 Å². The number of para-hydroxylation sites is 3. The molecule has 0 aromatic heterocycles. The zero-order valence-electron chi connectivity index (χ0n) is 20.1. The molecule has 3 rings (SSSR count). The van der Waals surface area contributed by atoms with Crippen LogP contribution >= 0.6 is 0 Å². The van der Waals surface area contributed by atoms with E-state index in [1.165, 1.54) is 24.3 Å². The molecule has 0 aliphatic heterocycles. The molecule has 0 fully saturated rings. The Hall–Kier alpha value is -4.53. The van der Waals surface area contributed by atoms with Crippen LogP contribution in [-0.4, -0.2) is 37.8 Å². The first-order valence-electron chi connectivity index (χ1n) is 11.4. The number of anilines is 1. The lowest BCUT2D eigenvalue weighted by Gasteiger charge is -2.13. The van der Waals surface area contributed by atoms with Crippen molar-refractivity contribution in [2.24, 2.45) is 0 Å². The lowest BCUT2D eigenvalue weighted by molar-refractivity contribution is -0.123. The van der Waals surface area contributed by atoms with Gasteiger partial charge in [0.15, 0.2) is 18.1 Å². The van der Waals surface area contributed by atoms with E-state index in [0.717, 1.165) is 5.56 Å². The van der Waals surface area contributed by atoms with E-state index >= 15 is 0 Å². The minimum atomic E-state index is -0.811. The Morgan fingerprint density at radius 2 is 1.44 bits per heavy atom. The summed E-state index contributed by atoms with van der Waals surface area (Å²) in [4.78, 5) is 36.5. The summed E-state index contributed by atoms with van der Waals surface area (Å²) in [5, 5.41) is 5.63. The number of rotatable bonds is 11. The molecule has 0 radical (unpaired) electrons. The largest absolute Gasteiger partial charge is 0.513 e. The van der Waals surface area contributed by atoms with Crippen molar-refractivity contribution in [2.75, 3.05) is 25.1 Å². The first-order chi connectivity index (χ1) is 17.5. The molecule has 0 unspecified atom stereocenters. The minimum Gasteiger partial charge on any atom is -0.490 e. The fraction of sp³-hybridized carbons (Fsp3) is 0.222. The molecule has 0 spiro atoms. The average molecular weight is 493 g/mol. The molecular formula is C27H28N2O7. The van der Waals surface area contributed by atoms with Crippen molar-refractivity contribution in [1.29, 1.82) is 0 Å². The van der Waals surface area contributed by atoms with Crippen molar-refractivity contribution in [1.82, 2.24) is 5.32 Å². The highest BCUT2D eigenvalue weighted by Gasteiger charge is 2.12. The van der Waals surface area contributed by atoms with Gasteiger partial charge in [0.1, 0.15) is 5.75 Å².